The minimum atomic E-state index is -4.51. The zero-order valence-electron chi connectivity index (χ0n) is 8.41. The lowest BCUT2D eigenvalue weighted by Crippen LogP contribution is -2.19. The van der Waals surface area contributed by atoms with Crippen molar-refractivity contribution in [3.05, 3.63) is 29.3 Å². The fourth-order valence-electron chi connectivity index (χ4n) is 1.52. The van der Waals surface area contributed by atoms with Gasteiger partial charge in [0.25, 0.3) is 0 Å². The number of rotatable bonds is 1. The van der Waals surface area contributed by atoms with E-state index in [2.05, 4.69) is 5.32 Å². The SMILES string of the molecule is O=C1CSC(c2cc(O)cc(C(F)(F)F)c2)N1. The van der Waals surface area contributed by atoms with Crippen molar-refractivity contribution in [1.82, 2.24) is 5.32 Å². The van der Waals surface area contributed by atoms with Crippen molar-refractivity contribution in [2.24, 2.45) is 0 Å². The molecule has 0 aliphatic carbocycles. The normalized spacial score (nSPS) is 20.4. The quantitative estimate of drug-likeness (QED) is 0.817. The summed E-state index contributed by atoms with van der Waals surface area (Å²) in [5.41, 5.74) is -0.678. The van der Waals surface area contributed by atoms with Crippen LogP contribution >= 0.6 is 11.8 Å². The molecule has 1 atom stereocenters. The first-order valence-corrected chi connectivity index (χ1v) is 5.73. The number of phenols is 1. The molecule has 0 aromatic heterocycles. The molecule has 3 nitrogen and oxygen atoms in total. The van der Waals surface area contributed by atoms with Gasteiger partial charge in [-0.3, -0.25) is 4.79 Å². The highest BCUT2D eigenvalue weighted by atomic mass is 32.2. The highest BCUT2D eigenvalue weighted by Gasteiger charge is 2.33. The van der Waals surface area contributed by atoms with Crippen LogP contribution in [0.1, 0.15) is 16.5 Å². The smallest absolute Gasteiger partial charge is 0.416 e. The number of alkyl halides is 3. The Balaban J connectivity index is 2.35. The fraction of sp³-hybridized carbons (Fsp3) is 0.300. The van der Waals surface area contributed by atoms with Crippen LogP contribution in [0.25, 0.3) is 0 Å². The molecular formula is C10H8F3NO2S. The number of nitrogens with one attached hydrogen (secondary N) is 1. The van der Waals surface area contributed by atoms with E-state index in [4.69, 9.17) is 0 Å². The number of hydrogen-bond acceptors (Lipinski definition) is 3. The summed E-state index contributed by atoms with van der Waals surface area (Å²) >= 11 is 1.19. The molecule has 0 radical (unpaired) electrons. The molecule has 0 bridgehead atoms. The molecule has 1 fully saturated rings. The minimum absolute atomic E-state index is 0.210. The Morgan fingerprint density at radius 2 is 2.06 bits per heavy atom. The van der Waals surface area contributed by atoms with E-state index in [-0.39, 0.29) is 17.2 Å². The number of aromatic hydroxyl groups is 1. The largest absolute Gasteiger partial charge is 0.508 e. The molecule has 7 heteroatoms. The summed E-state index contributed by atoms with van der Waals surface area (Å²) in [7, 11) is 0. The van der Waals surface area contributed by atoms with E-state index in [9.17, 15) is 23.1 Å². The minimum Gasteiger partial charge on any atom is -0.508 e. The lowest BCUT2D eigenvalue weighted by Gasteiger charge is -2.13. The van der Waals surface area contributed by atoms with Gasteiger partial charge in [-0.2, -0.15) is 13.2 Å². The van der Waals surface area contributed by atoms with Crippen LogP contribution in [0.4, 0.5) is 13.2 Å². The summed E-state index contributed by atoms with van der Waals surface area (Å²) in [5, 5.41) is 11.3. The summed E-state index contributed by atoms with van der Waals surface area (Å²) in [6.45, 7) is 0. The molecule has 1 amide bonds. The van der Waals surface area contributed by atoms with Gasteiger partial charge in [0.05, 0.1) is 11.3 Å². The number of phenolic OH excluding ortho intramolecular Hbond substituents is 1. The number of benzene rings is 1. The Hall–Kier alpha value is -1.37. The van der Waals surface area contributed by atoms with Crippen molar-refractivity contribution in [2.75, 3.05) is 5.75 Å². The van der Waals surface area contributed by atoms with Crippen molar-refractivity contribution in [3.63, 3.8) is 0 Å². The lowest BCUT2D eigenvalue weighted by atomic mass is 10.1. The Bertz CT molecular complexity index is 461. The van der Waals surface area contributed by atoms with E-state index in [1.165, 1.54) is 17.8 Å². The molecular weight excluding hydrogens is 255 g/mol. The Morgan fingerprint density at radius 1 is 1.35 bits per heavy atom. The van der Waals surface area contributed by atoms with Crippen LogP contribution < -0.4 is 5.32 Å². The predicted octanol–water partition coefficient (Wildman–Crippen LogP) is 2.27. The summed E-state index contributed by atoms with van der Waals surface area (Å²) < 4.78 is 37.5. The van der Waals surface area contributed by atoms with Gasteiger partial charge in [0.1, 0.15) is 11.1 Å². The second-order valence-electron chi connectivity index (χ2n) is 3.57. The van der Waals surface area contributed by atoms with Gasteiger partial charge < -0.3 is 10.4 Å². The molecule has 1 unspecified atom stereocenters. The second kappa shape index (κ2) is 4.14. The Kier molecular flexibility index (Phi) is 2.94. The number of amides is 1. The average Bonchev–Trinajstić information content (AvgIpc) is 2.62. The molecule has 1 aliphatic heterocycles. The van der Waals surface area contributed by atoms with Crippen LogP contribution in [-0.2, 0) is 11.0 Å². The summed E-state index contributed by atoms with van der Waals surface area (Å²) in [6, 6.07) is 2.81. The molecule has 92 valence electrons. The molecule has 0 saturated carbocycles. The molecule has 1 heterocycles. The Labute approximate surface area is 99.0 Å². The third-order valence-electron chi connectivity index (χ3n) is 2.24. The van der Waals surface area contributed by atoms with Gasteiger partial charge in [-0.1, -0.05) is 0 Å². The van der Waals surface area contributed by atoms with Crippen molar-refractivity contribution in [1.29, 1.82) is 0 Å². The van der Waals surface area contributed by atoms with E-state index < -0.39 is 22.9 Å². The monoisotopic (exact) mass is 263 g/mol. The first-order chi connectivity index (χ1) is 7.86. The molecule has 2 rings (SSSR count). The Morgan fingerprint density at radius 3 is 2.59 bits per heavy atom. The summed E-state index contributed by atoms with van der Waals surface area (Å²) in [6.07, 6.45) is -4.51. The van der Waals surface area contributed by atoms with Gasteiger partial charge in [0.2, 0.25) is 5.91 Å². The van der Waals surface area contributed by atoms with Crippen molar-refractivity contribution < 1.29 is 23.1 Å². The molecule has 1 aromatic rings. The number of carbonyl (C=O) groups is 1. The van der Waals surface area contributed by atoms with Crippen molar-refractivity contribution in [3.8, 4) is 5.75 Å². The third-order valence-corrected chi connectivity index (χ3v) is 3.40. The average molecular weight is 263 g/mol. The van der Waals surface area contributed by atoms with Gasteiger partial charge in [-0.05, 0) is 23.8 Å². The second-order valence-corrected chi connectivity index (χ2v) is 4.66. The van der Waals surface area contributed by atoms with Gasteiger partial charge in [0, 0.05) is 0 Å². The molecule has 1 aliphatic rings. The first kappa shape index (κ1) is 12.1. The maximum atomic E-state index is 12.5. The predicted molar refractivity (Wildman–Crippen MR) is 56.5 cm³/mol. The summed E-state index contributed by atoms with van der Waals surface area (Å²) in [4.78, 5) is 11.0. The van der Waals surface area contributed by atoms with Crippen LogP contribution in [-0.4, -0.2) is 16.8 Å². The van der Waals surface area contributed by atoms with Gasteiger partial charge in [-0.25, -0.2) is 0 Å². The van der Waals surface area contributed by atoms with Crippen molar-refractivity contribution in [2.45, 2.75) is 11.6 Å². The maximum Gasteiger partial charge on any atom is 0.416 e. The van der Waals surface area contributed by atoms with Crippen molar-refractivity contribution >= 4 is 17.7 Å². The highest BCUT2D eigenvalue weighted by molar-refractivity contribution is 8.00. The van der Waals surface area contributed by atoms with Crippen LogP contribution in [0, 0.1) is 0 Å². The molecule has 2 N–H and O–H groups in total. The van der Waals surface area contributed by atoms with E-state index in [1.807, 2.05) is 0 Å². The number of carbonyl (C=O) groups excluding carboxylic acids is 1. The lowest BCUT2D eigenvalue weighted by molar-refractivity contribution is -0.137. The highest BCUT2D eigenvalue weighted by Crippen LogP contribution is 2.37. The molecule has 1 aromatic carbocycles. The zero-order chi connectivity index (χ0) is 12.6. The van der Waals surface area contributed by atoms with Crippen LogP contribution in [0.15, 0.2) is 18.2 Å². The molecule has 0 spiro atoms. The van der Waals surface area contributed by atoms with E-state index in [0.29, 0.717) is 6.07 Å². The van der Waals surface area contributed by atoms with Gasteiger partial charge in [-0.15, -0.1) is 11.8 Å². The topological polar surface area (TPSA) is 49.3 Å². The van der Waals surface area contributed by atoms with E-state index in [0.717, 1.165) is 6.07 Å². The fourth-order valence-corrected chi connectivity index (χ4v) is 2.46. The number of thioether (sulfide) groups is 1. The molecule has 17 heavy (non-hydrogen) atoms. The van der Waals surface area contributed by atoms with Crippen LogP contribution in [0.3, 0.4) is 0 Å². The number of halogens is 3. The van der Waals surface area contributed by atoms with E-state index in [1.54, 1.807) is 0 Å². The third kappa shape index (κ3) is 2.66. The van der Waals surface area contributed by atoms with E-state index >= 15 is 0 Å². The van der Waals surface area contributed by atoms with Gasteiger partial charge >= 0.3 is 6.18 Å². The first-order valence-electron chi connectivity index (χ1n) is 4.68. The maximum absolute atomic E-state index is 12.5. The van der Waals surface area contributed by atoms with Crippen LogP contribution in [0.2, 0.25) is 0 Å². The van der Waals surface area contributed by atoms with Gasteiger partial charge in [0.15, 0.2) is 0 Å². The number of hydrogen-bond donors (Lipinski definition) is 2. The summed E-state index contributed by atoms with van der Waals surface area (Å²) in [5.74, 6) is -0.477. The van der Waals surface area contributed by atoms with Crippen LogP contribution in [0.5, 0.6) is 5.75 Å². The standard InChI is InChI=1S/C10H8F3NO2S/c11-10(12,13)6-1-5(2-7(15)3-6)9-14-8(16)4-17-9/h1-3,9,15H,4H2,(H,14,16). The zero-order valence-corrected chi connectivity index (χ0v) is 9.23. The molecule has 1 saturated heterocycles.